The van der Waals surface area contributed by atoms with Gasteiger partial charge in [0.2, 0.25) is 0 Å². The molecule has 5 N–H and O–H groups in total. The predicted molar refractivity (Wildman–Crippen MR) is 122 cm³/mol. The average molecular weight is 447 g/mol. The molecule has 1 saturated heterocycles. The first-order chi connectivity index (χ1) is 14.6. The fraction of sp³-hybridized carbons (Fsp3) is 0.875. The lowest BCUT2D eigenvalue weighted by molar-refractivity contribution is -0.162. The molecule has 0 radical (unpaired) electrons. The van der Waals surface area contributed by atoms with Gasteiger partial charge in [-0.2, -0.15) is 0 Å². The number of esters is 1. The molecule has 7 nitrogen and oxygen atoms in total. The Kier molecular flexibility index (Phi) is 19.0. The van der Waals surface area contributed by atoms with Crippen LogP contribution in [0, 0.1) is 0 Å². The number of aliphatic hydroxyl groups excluding tert-OH is 3. The highest BCUT2D eigenvalue weighted by molar-refractivity contribution is 5.69. The smallest absolute Gasteiger partial charge is 0.306 e. The summed E-state index contributed by atoms with van der Waals surface area (Å²) in [5.74, 6) is -0.399. The minimum absolute atomic E-state index is 0. The number of unbranched alkanes of at least 4 members (excludes halogenated alkanes) is 11. The van der Waals surface area contributed by atoms with Crippen LogP contribution in [0.1, 0.15) is 96.8 Å². The molecular weight excluding hydrogens is 400 g/mol. The highest BCUT2D eigenvalue weighted by Gasteiger charge is 2.41. The van der Waals surface area contributed by atoms with E-state index in [2.05, 4.69) is 19.1 Å². The van der Waals surface area contributed by atoms with Gasteiger partial charge in [0.15, 0.2) is 6.10 Å². The van der Waals surface area contributed by atoms with E-state index in [1.54, 1.807) is 0 Å². The fourth-order valence-electron chi connectivity index (χ4n) is 3.73. The van der Waals surface area contributed by atoms with Gasteiger partial charge in [-0.15, -0.1) is 0 Å². The van der Waals surface area contributed by atoms with Gasteiger partial charge >= 0.3 is 5.97 Å². The highest BCUT2D eigenvalue weighted by atomic mass is 16.6. The van der Waals surface area contributed by atoms with E-state index in [1.807, 2.05) is 0 Å². The van der Waals surface area contributed by atoms with E-state index in [0.717, 1.165) is 32.1 Å². The minimum Gasteiger partial charge on any atom is -0.457 e. The Morgan fingerprint density at radius 1 is 0.968 bits per heavy atom. The van der Waals surface area contributed by atoms with Crippen molar-refractivity contribution in [3.63, 3.8) is 0 Å². The van der Waals surface area contributed by atoms with Crippen molar-refractivity contribution in [2.45, 2.75) is 121 Å². The number of carbonyl (C=O) groups excluding carboxylic acids is 1. The standard InChI is InChI=1S/C24H44O6.H2O/c1-2-3-4-5-6-7-8-9-10-11-12-13-14-15-16-17-22(27)30-21(18-25)24-23(28)20(26)19-29-24;/h9-10,20-21,23-26,28H,2-8,11-19H2,1H3;1H2/b10-9-;/t20-,21+,23+,24+;/m0./s1. The van der Waals surface area contributed by atoms with Crippen LogP contribution in [0.5, 0.6) is 0 Å². The van der Waals surface area contributed by atoms with Crippen molar-refractivity contribution in [1.29, 1.82) is 0 Å². The second-order valence-corrected chi connectivity index (χ2v) is 8.40. The fourth-order valence-corrected chi connectivity index (χ4v) is 3.73. The van der Waals surface area contributed by atoms with Crippen molar-refractivity contribution in [2.75, 3.05) is 13.2 Å². The Balaban J connectivity index is 0.00000900. The molecule has 1 aliphatic rings. The molecule has 31 heavy (non-hydrogen) atoms. The summed E-state index contributed by atoms with van der Waals surface area (Å²) in [6.45, 7) is 1.79. The summed E-state index contributed by atoms with van der Waals surface area (Å²) in [5.41, 5.74) is 0. The van der Waals surface area contributed by atoms with E-state index in [1.165, 1.54) is 51.4 Å². The van der Waals surface area contributed by atoms with Crippen LogP contribution in [0.2, 0.25) is 0 Å². The number of rotatable bonds is 18. The van der Waals surface area contributed by atoms with Crippen LogP contribution in [0.25, 0.3) is 0 Å². The van der Waals surface area contributed by atoms with Crippen LogP contribution in [-0.2, 0) is 14.3 Å². The monoisotopic (exact) mass is 446 g/mol. The van der Waals surface area contributed by atoms with Crippen LogP contribution in [0.4, 0.5) is 0 Å². The maximum Gasteiger partial charge on any atom is 0.306 e. The van der Waals surface area contributed by atoms with Crippen LogP contribution in [-0.4, -0.2) is 64.4 Å². The first kappa shape index (κ1) is 30.0. The molecule has 0 amide bonds. The zero-order valence-corrected chi connectivity index (χ0v) is 19.3. The predicted octanol–water partition coefficient (Wildman–Crippen LogP) is 3.22. The highest BCUT2D eigenvalue weighted by Crippen LogP contribution is 2.20. The van der Waals surface area contributed by atoms with E-state index in [4.69, 9.17) is 9.47 Å². The third-order valence-corrected chi connectivity index (χ3v) is 5.66. The van der Waals surface area contributed by atoms with Gasteiger partial charge in [-0.25, -0.2) is 0 Å². The molecule has 1 aliphatic heterocycles. The molecule has 4 atom stereocenters. The largest absolute Gasteiger partial charge is 0.457 e. The molecule has 1 fully saturated rings. The van der Waals surface area contributed by atoms with E-state index in [-0.39, 0.29) is 12.1 Å². The summed E-state index contributed by atoms with van der Waals surface area (Å²) >= 11 is 0. The minimum atomic E-state index is -1.14. The van der Waals surface area contributed by atoms with Gasteiger partial charge in [0.25, 0.3) is 0 Å². The van der Waals surface area contributed by atoms with E-state index < -0.39 is 37.0 Å². The zero-order valence-electron chi connectivity index (χ0n) is 19.3. The first-order valence-electron chi connectivity index (χ1n) is 12.0. The summed E-state index contributed by atoms with van der Waals surface area (Å²) in [4.78, 5) is 11.9. The Hall–Kier alpha value is -0.990. The molecule has 1 heterocycles. The molecule has 184 valence electrons. The van der Waals surface area contributed by atoms with Gasteiger partial charge in [0.1, 0.15) is 18.3 Å². The maximum absolute atomic E-state index is 11.9. The molecule has 0 aliphatic carbocycles. The molecule has 0 spiro atoms. The number of hydrogen-bond donors (Lipinski definition) is 3. The summed E-state index contributed by atoms with van der Waals surface area (Å²) in [6, 6.07) is 0. The molecule has 0 aromatic rings. The molecule has 0 aromatic carbocycles. The van der Waals surface area contributed by atoms with Gasteiger partial charge in [-0.1, -0.05) is 70.4 Å². The van der Waals surface area contributed by atoms with Crippen LogP contribution in [0.15, 0.2) is 12.2 Å². The molecule has 0 saturated carbocycles. The number of aliphatic hydroxyl groups is 3. The lowest BCUT2D eigenvalue weighted by atomic mass is 10.1. The quantitative estimate of drug-likeness (QED) is 0.168. The Morgan fingerprint density at radius 2 is 1.52 bits per heavy atom. The van der Waals surface area contributed by atoms with Gasteiger partial charge < -0.3 is 30.3 Å². The first-order valence-corrected chi connectivity index (χ1v) is 12.0. The average Bonchev–Trinajstić information content (AvgIpc) is 3.07. The SMILES string of the molecule is CCCCCCCC/C=C\CCCCCCCC(=O)O[C@H](CO)[C@H]1OC[C@H](O)[C@H]1O.O. The summed E-state index contributed by atoms with van der Waals surface area (Å²) < 4.78 is 10.4. The van der Waals surface area contributed by atoms with Gasteiger partial charge in [-0.3, -0.25) is 4.79 Å². The molecule has 0 unspecified atom stereocenters. The number of carbonyl (C=O) groups is 1. The lowest BCUT2D eigenvalue weighted by Gasteiger charge is -2.24. The van der Waals surface area contributed by atoms with Crippen LogP contribution in [0.3, 0.4) is 0 Å². The Bertz CT molecular complexity index is 455. The second-order valence-electron chi connectivity index (χ2n) is 8.40. The summed E-state index contributed by atoms with van der Waals surface area (Å²) in [5, 5.41) is 28.7. The number of allylic oxidation sites excluding steroid dienone is 2. The molecule has 0 bridgehead atoms. The third kappa shape index (κ3) is 13.9. The topological polar surface area (TPSA) is 128 Å². The molecular formula is C24H46O7. The van der Waals surface area contributed by atoms with E-state index in [0.29, 0.717) is 6.42 Å². The molecule has 1 rings (SSSR count). The van der Waals surface area contributed by atoms with Crippen molar-refractivity contribution < 1.29 is 35.1 Å². The van der Waals surface area contributed by atoms with Crippen molar-refractivity contribution in [3.8, 4) is 0 Å². The third-order valence-electron chi connectivity index (χ3n) is 5.66. The van der Waals surface area contributed by atoms with Gasteiger partial charge in [-0.05, 0) is 32.1 Å². The number of ether oxygens (including phenoxy) is 2. The second kappa shape index (κ2) is 19.7. The maximum atomic E-state index is 11.9. The van der Waals surface area contributed by atoms with Crippen LogP contribution < -0.4 is 0 Å². The zero-order chi connectivity index (χ0) is 22.0. The van der Waals surface area contributed by atoms with Crippen molar-refractivity contribution in [3.05, 3.63) is 12.2 Å². The normalized spacial score (nSPS) is 21.9. The van der Waals surface area contributed by atoms with Gasteiger partial charge in [0.05, 0.1) is 13.2 Å². The molecule has 7 heteroatoms. The number of hydrogen-bond acceptors (Lipinski definition) is 6. The Morgan fingerprint density at radius 3 is 2.03 bits per heavy atom. The molecule has 0 aromatic heterocycles. The van der Waals surface area contributed by atoms with Gasteiger partial charge in [0, 0.05) is 6.42 Å². The Labute approximate surface area is 188 Å². The van der Waals surface area contributed by atoms with Crippen molar-refractivity contribution >= 4 is 5.97 Å². The summed E-state index contributed by atoms with van der Waals surface area (Å²) in [7, 11) is 0. The summed E-state index contributed by atoms with van der Waals surface area (Å²) in [6.07, 6.45) is 16.5. The van der Waals surface area contributed by atoms with Crippen molar-refractivity contribution in [2.24, 2.45) is 0 Å². The van der Waals surface area contributed by atoms with E-state index >= 15 is 0 Å². The van der Waals surface area contributed by atoms with Crippen LogP contribution >= 0.6 is 0 Å². The van der Waals surface area contributed by atoms with Crippen molar-refractivity contribution in [1.82, 2.24) is 0 Å². The lowest BCUT2D eigenvalue weighted by Crippen LogP contribution is -2.43. The van der Waals surface area contributed by atoms with E-state index in [9.17, 15) is 20.1 Å².